The Kier molecular flexibility index (Phi) is 7.33. The van der Waals surface area contributed by atoms with Gasteiger partial charge in [0.05, 0.1) is 4.90 Å². The largest absolute Gasteiger partial charge is 0.490 e. The van der Waals surface area contributed by atoms with E-state index in [2.05, 4.69) is 26.0 Å². The molecule has 0 atom stereocenters. The highest BCUT2D eigenvalue weighted by atomic mass is 32.2. The third-order valence-electron chi connectivity index (χ3n) is 7.45. The van der Waals surface area contributed by atoms with Gasteiger partial charge in [0.25, 0.3) is 0 Å². The van der Waals surface area contributed by atoms with E-state index in [4.69, 9.17) is 4.74 Å². The Hall–Kier alpha value is -2.38. The molecule has 2 heterocycles. The monoisotopic (exact) mass is 484 g/mol. The predicted octanol–water partition coefficient (Wildman–Crippen LogP) is 4.39. The predicted molar refractivity (Wildman–Crippen MR) is 134 cm³/mol. The van der Waals surface area contributed by atoms with Gasteiger partial charge < -0.3 is 9.64 Å². The van der Waals surface area contributed by atoms with Crippen molar-refractivity contribution in [2.45, 2.75) is 64.4 Å². The molecule has 0 saturated carbocycles. The van der Waals surface area contributed by atoms with Gasteiger partial charge in [-0.15, -0.1) is 0 Å². The number of ether oxygens (including phenoxy) is 1. The Bertz CT molecular complexity index is 1150. The van der Waals surface area contributed by atoms with Crippen molar-refractivity contribution in [1.29, 1.82) is 0 Å². The summed E-state index contributed by atoms with van der Waals surface area (Å²) in [5.74, 6) is 0.946. The molecule has 0 bridgehead atoms. The van der Waals surface area contributed by atoms with E-state index in [9.17, 15) is 13.2 Å². The van der Waals surface area contributed by atoms with Crippen molar-refractivity contribution >= 4 is 15.9 Å². The van der Waals surface area contributed by atoms with Crippen LogP contribution in [0, 0.1) is 33.6 Å². The molecule has 0 unspecified atom stereocenters. The Morgan fingerprint density at radius 1 is 0.794 bits per heavy atom. The van der Waals surface area contributed by atoms with Gasteiger partial charge in [-0.05, 0) is 87.1 Å². The number of benzene rings is 2. The molecular formula is C27H36N2O4S. The molecule has 2 saturated heterocycles. The lowest BCUT2D eigenvalue weighted by Gasteiger charge is -2.37. The first-order chi connectivity index (χ1) is 16.1. The summed E-state index contributed by atoms with van der Waals surface area (Å²) in [7, 11) is -3.53. The zero-order valence-corrected chi connectivity index (χ0v) is 21.5. The van der Waals surface area contributed by atoms with Crippen molar-refractivity contribution in [3.63, 3.8) is 0 Å². The van der Waals surface area contributed by atoms with E-state index >= 15 is 0 Å². The quantitative estimate of drug-likeness (QED) is 0.631. The number of carbonyl (C=O) groups excluding carboxylic acids is 1. The van der Waals surface area contributed by atoms with Gasteiger partial charge >= 0.3 is 0 Å². The fraction of sp³-hybridized carbons (Fsp3) is 0.519. The molecule has 184 valence electrons. The maximum atomic E-state index is 13.1. The topological polar surface area (TPSA) is 66.9 Å². The van der Waals surface area contributed by atoms with Gasteiger partial charge in [-0.2, -0.15) is 4.31 Å². The van der Waals surface area contributed by atoms with Crippen molar-refractivity contribution in [2.24, 2.45) is 5.92 Å². The maximum absolute atomic E-state index is 13.1. The van der Waals surface area contributed by atoms with Gasteiger partial charge in [-0.3, -0.25) is 4.79 Å². The molecule has 0 spiro atoms. The van der Waals surface area contributed by atoms with E-state index in [1.54, 1.807) is 12.1 Å². The van der Waals surface area contributed by atoms with Crippen LogP contribution in [0.5, 0.6) is 5.75 Å². The summed E-state index contributed by atoms with van der Waals surface area (Å²) in [5, 5.41) is 0. The van der Waals surface area contributed by atoms with E-state index in [1.807, 2.05) is 30.9 Å². The number of amides is 1. The summed E-state index contributed by atoms with van der Waals surface area (Å²) < 4.78 is 33.8. The molecule has 1 amide bonds. The minimum atomic E-state index is -3.53. The normalized spacial score (nSPS) is 18.8. The van der Waals surface area contributed by atoms with Crippen LogP contribution in [-0.4, -0.2) is 55.8 Å². The van der Waals surface area contributed by atoms with Crippen LogP contribution in [0.4, 0.5) is 0 Å². The number of sulfonamides is 1. The number of hydrogen-bond donors (Lipinski definition) is 0. The number of piperidine rings is 2. The molecule has 6 nitrogen and oxygen atoms in total. The van der Waals surface area contributed by atoms with E-state index in [1.165, 1.54) is 15.4 Å². The van der Waals surface area contributed by atoms with Crippen molar-refractivity contribution in [1.82, 2.24) is 9.21 Å². The minimum Gasteiger partial charge on any atom is -0.490 e. The highest BCUT2D eigenvalue weighted by molar-refractivity contribution is 7.89. The molecule has 2 fully saturated rings. The summed E-state index contributed by atoms with van der Waals surface area (Å²) >= 11 is 0. The van der Waals surface area contributed by atoms with Gasteiger partial charge in [0.1, 0.15) is 11.9 Å². The molecule has 4 rings (SSSR count). The second-order valence-electron chi connectivity index (χ2n) is 9.81. The molecule has 0 aromatic heterocycles. The molecule has 2 aromatic rings. The van der Waals surface area contributed by atoms with Crippen LogP contribution < -0.4 is 4.74 Å². The van der Waals surface area contributed by atoms with E-state index in [0.29, 0.717) is 43.9 Å². The van der Waals surface area contributed by atoms with Crippen molar-refractivity contribution in [3.05, 3.63) is 58.7 Å². The molecule has 34 heavy (non-hydrogen) atoms. The van der Waals surface area contributed by atoms with Crippen molar-refractivity contribution in [3.8, 4) is 5.75 Å². The molecular weight excluding hydrogens is 448 g/mol. The Morgan fingerprint density at radius 2 is 1.38 bits per heavy atom. The second kappa shape index (κ2) is 10.1. The highest BCUT2D eigenvalue weighted by Gasteiger charge is 2.35. The fourth-order valence-corrected chi connectivity index (χ4v) is 6.35. The van der Waals surface area contributed by atoms with Gasteiger partial charge in [0, 0.05) is 44.9 Å². The van der Waals surface area contributed by atoms with Crippen LogP contribution in [0.1, 0.15) is 47.9 Å². The second-order valence-corrected chi connectivity index (χ2v) is 11.8. The molecule has 2 aromatic carbocycles. The summed E-state index contributed by atoms with van der Waals surface area (Å²) in [6.07, 6.45) is 2.90. The van der Waals surface area contributed by atoms with Gasteiger partial charge in [-0.25, -0.2) is 8.42 Å². The van der Waals surface area contributed by atoms with Crippen LogP contribution in [0.2, 0.25) is 0 Å². The number of hydrogen-bond acceptors (Lipinski definition) is 4. The van der Waals surface area contributed by atoms with Gasteiger partial charge in [0.2, 0.25) is 15.9 Å². The first-order valence-electron chi connectivity index (χ1n) is 12.3. The third kappa shape index (κ3) is 5.31. The Balaban J connectivity index is 1.28. The van der Waals surface area contributed by atoms with Crippen LogP contribution in [-0.2, 0) is 14.8 Å². The lowest BCUT2D eigenvalue weighted by Crippen LogP contribution is -2.47. The molecule has 2 aliphatic heterocycles. The van der Waals surface area contributed by atoms with Crippen molar-refractivity contribution < 1.29 is 17.9 Å². The zero-order valence-electron chi connectivity index (χ0n) is 20.7. The molecule has 2 aliphatic rings. The standard InChI is InChI=1S/C27H36N2O4S/c1-19-5-7-25(17-21(19)3)33-24-11-13-28(14-12-24)27(30)23-9-15-29(16-10-23)34(31,32)26-8-6-20(2)22(4)18-26/h5-8,17-18,23-24H,9-16H2,1-4H3. The van der Waals surface area contributed by atoms with E-state index in [-0.39, 0.29) is 17.9 Å². The fourth-order valence-electron chi connectivity index (χ4n) is 4.80. The number of nitrogens with zero attached hydrogens (tertiary/aromatic N) is 2. The first kappa shape index (κ1) is 24.7. The van der Waals surface area contributed by atoms with Gasteiger partial charge in [-0.1, -0.05) is 12.1 Å². The SMILES string of the molecule is Cc1ccc(OC2CCN(C(=O)C3CCN(S(=O)(=O)c4ccc(C)c(C)c4)CC3)CC2)cc1C. The minimum absolute atomic E-state index is 0.108. The summed E-state index contributed by atoms with van der Waals surface area (Å²) in [5.41, 5.74) is 4.51. The number of likely N-dealkylation sites (tertiary alicyclic amines) is 1. The molecule has 0 N–H and O–H groups in total. The smallest absolute Gasteiger partial charge is 0.243 e. The van der Waals surface area contributed by atoms with Gasteiger partial charge in [0.15, 0.2) is 0 Å². The van der Waals surface area contributed by atoms with Crippen LogP contribution >= 0.6 is 0 Å². The summed E-state index contributed by atoms with van der Waals surface area (Å²) in [6.45, 7) is 10.2. The third-order valence-corrected chi connectivity index (χ3v) is 9.35. The van der Waals surface area contributed by atoms with Crippen molar-refractivity contribution in [2.75, 3.05) is 26.2 Å². The zero-order chi connectivity index (χ0) is 24.5. The lowest BCUT2D eigenvalue weighted by atomic mass is 9.95. The van der Waals surface area contributed by atoms with Crippen LogP contribution in [0.3, 0.4) is 0 Å². The summed E-state index contributed by atoms with van der Waals surface area (Å²) in [6, 6.07) is 11.4. The molecule has 0 radical (unpaired) electrons. The number of rotatable bonds is 5. The summed E-state index contributed by atoms with van der Waals surface area (Å²) in [4.78, 5) is 15.4. The van der Waals surface area contributed by atoms with E-state index in [0.717, 1.165) is 29.7 Å². The van der Waals surface area contributed by atoms with Crippen LogP contribution in [0.15, 0.2) is 41.3 Å². The maximum Gasteiger partial charge on any atom is 0.243 e. The Labute approximate surface area is 204 Å². The molecule has 0 aliphatic carbocycles. The Morgan fingerprint density at radius 3 is 1.97 bits per heavy atom. The highest BCUT2D eigenvalue weighted by Crippen LogP contribution is 2.28. The van der Waals surface area contributed by atoms with Crippen LogP contribution in [0.25, 0.3) is 0 Å². The average molecular weight is 485 g/mol. The van der Waals surface area contributed by atoms with E-state index < -0.39 is 10.0 Å². The average Bonchev–Trinajstić information content (AvgIpc) is 2.83. The first-order valence-corrected chi connectivity index (χ1v) is 13.7. The molecule has 7 heteroatoms. The lowest BCUT2D eigenvalue weighted by molar-refractivity contribution is -0.138. The number of carbonyl (C=O) groups is 1. The number of aryl methyl sites for hydroxylation is 4.